The zero-order chi connectivity index (χ0) is 35.4. The number of amides is 4. The zero-order valence-corrected chi connectivity index (χ0v) is 31.6. The van der Waals surface area contributed by atoms with Gasteiger partial charge in [0.05, 0.1) is 0 Å². The molecule has 0 aliphatic heterocycles. The first kappa shape index (κ1) is 42.1. The first-order valence-electron chi connectivity index (χ1n) is 19.7. The number of urea groups is 2. The van der Waals surface area contributed by atoms with Crippen LogP contribution in [-0.4, -0.2) is 74.2 Å². The maximum atomic E-state index is 12.5. The number of nitrogens with one attached hydrogen (secondary N) is 4. The van der Waals surface area contributed by atoms with Gasteiger partial charge in [-0.3, -0.25) is 0 Å². The van der Waals surface area contributed by atoms with Crippen LogP contribution in [0.3, 0.4) is 0 Å². The average Bonchev–Trinajstić information content (AvgIpc) is 3.10. The van der Waals surface area contributed by atoms with Gasteiger partial charge in [0.15, 0.2) is 0 Å². The number of anilines is 2. The Balaban J connectivity index is 1.67. The van der Waals surface area contributed by atoms with E-state index in [0.717, 1.165) is 81.0 Å². The Morgan fingerprint density at radius 1 is 0.449 bits per heavy atom. The predicted octanol–water partition coefficient (Wildman–Crippen LogP) is 9.67. The van der Waals surface area contributed by atoms with Crippen molar-refractivity contribution in [3.05, 3.63) is 59.7 Å². The van der Waals surface area contributed by atoms with Crippen LogP contribution in [0.1, 0.15) is 129 Å². The van der Waals surface area contributed by atoms with E-state index in [-0.39, 0.29) is 12.1 Å². The van der Waals surface area contributed by atoms with Crippen molar-refractivity contribution in [1.29, 1.82) is 0 Å². The van der Waals surface area contributed by atoms with E-state index in [4.69, 9.17) is 0 Å². The average molecular weight is 679 g/mol. The quantitative estimate of drug-likeness (QED) is 0.0675. The summed E-state index contributed by atoms with van der Waals surface area (Å²) in [5.74, 6) is 0. The Morgan fingerprint density at radius 2 is 0.755 bits per heavy atom. The van der Waals surface area contributed by atoms with Gasteiger partial charge < -0.3 is 31.1 Å². The molecule has 0 aromatic heterocycles. The van der Waals surface area contributed by atoms with Gasteiger partial charge in [0.1, 0.15) is 0 Å². The first-order valence-corrected chi connectivity index (χ1v) is 19.7. The highest BCUT2D eigenvalue weighted by Gasteiger charge is 2.08. The summed E-state index contributed by atoms with van der Waals surface area (Å²) in [4.78, 5) is 30.1. The summed E-state index contributed by atoms with van der Waals surface area (Å²) in [6, 6.07) is 15.7. The van der Waals surface area contributed by atoms with E-state index >= 15 is 0 Å². The molecule has 0 aliphatic rings. The fraction of sp³-hybridized carbons (Fsp3) is 0.659. The van der Waals surface area contributed by atoms with Crippen LogP contribution in [0.4, 0.5) is 21.0 Å². The second-order valence-electron chi connectivity index (χ2n) is 13.6. The van der Waals surface area contributed by atoms with Gasteiger partial charge in [0, 0.05) is 24.5 Å². The number of hydrogen-bond acceptors (Lipinski definition) is 4. The molecule has 0 aliphatic carbocycles. The second-order valence-corrected chi connectivity index (χ2v) is 13.6. The molecule has 4 N–H and O–H groups in total. The lowest BCUT2D eigenvalue weighted by Crippen LogP contribution is -2.33. The molecule has 0 saturated heterocycles. The standard InChI is InChI=1S/C41H70N6O2/c1-5-9-13-29-46(30-14-10-6-2)33-17-27-42-40(48)44-38-23-19-36(20-24-38)35-37-21-25-39(26-22-37)45-41(49)43-28-18-34-47(31-15-11-7-3)32-16-12-8-4/h19-26H,5-18,27-35H2,1-4H3,(H2,42,44,48)(H2,43,45,49). The molecule has 0 atom stereocenters. The maximum absolute atomic E-state index is 12.5. The van der Waals surface area contributed by atoms with Crippen molar-refractivity contribution in [3.63, 3.8) is 0 Å². The van der Waals surface area contributed by atoms with Crippen LogP contribution >= 0.6 is 0 Å². The molecule has 0 fully saturated rings. The highest BCUT2D eigenvalue weighted by molar-refractivity contribution is 5.89. The van der Waals surface area contributed by atoms with Gasteiger partial charge in [-0.05, 0) is 120 Å². The van der Waals surface area contributed by atoms with Gasteiger partial charge in [-0.1, -0.05) is 103 Å². The SMILES string of the molecule is CCCCCN(CCCCC)CCCNC(=O)Nc1ccc(Cc2ccc(NC(=O)NCCCN(CCCCC)CCCCC)cc2)cc1. The summed E-state index contributed by atoms with van der Waals surface area (Å²) < 4.78 is 0. The van der Waals surface area contributed by atoms with Gasteiger partial charge in [-0.15, -0.1) is 0 Å². The molecule has 0 radical (unpaired) electrons. The summed E-state index contributed by atoms with van der Waals surface area (Å²) in [6.07, 6.45) is 17.8. The molecule has 0 unspecified atom stereocenters. The number of hydrogen-bond donors (Lipinski definition) is 4. The van der Waals surface area contributed by atoms with Crippen LogP contribution in [0.2, 0.25) is 0 Å². The van der Waals surface area contributed by atoms with Crippen LogP contribution in [0.25, 0.3) is 0 Å². The number of unbranched alkanes of at least 4 members (excludes halogenated alkanes) is 8. The molecule has 2 aromatic rings. The van der Waals surface area contributed by atoms with Crippen molar-refractivity contribution in [1.82, 2.24) is 20.4 Å². The molecule has 2 rings (SSSR count). The van der Waals surface area contributed by atoms with Gasteiger partial charge in [-0.2, -0.15) is 0 Å². The minimum Gasteiger partial charge on any atom is -0.338 e. The zero-order valence-electron chi connectivity index (χ0n) is 31.6. The molecule has 0 spiro atoms. The van der Waals surface area contributed by atoms with E-state index in [2.05, 4.69) is 83.0 Å². The van der Waals surface area contributed by atoms with E-state index in [1.807, 2.05) is 24.3 Å². The van der Waals surface area contributed by atoms with Crippen molar-refractivity contribution >= 4 is 23.4 Å². The number of carbonyl (C=O) groups is 2. The Morgan fingerprint density at radius 3 is 1.06 bits per heavy atom. The van der Waals surface area contributed by atoms with Crippen molar-refractivity contribution in [2.24, 2.45) is 0 Å². The lowest BCUT2D eigenvalue weighted by molar-refractivity contribution is 0.245. The van der Waals surface area contributed by atoms with Gasteiger partial charge >= 0.3 is 12.1 Å². The summed E-state index contributed by atoms with van der Waals surface area (Å²) >= 11 is 0. The molecule has 276 valence electrons. The third-order valence-corrected chi connectivity index (χ3v) is 9.02. The minimum atomic E-state index is -0.157. The maximum Gasteiger partial charge on any atom is 0.319 e. The van der Waals surface area contributed by atoms with E-state index in [0.29, 0.717) is 13.1 Å². The lowest BCUT2D eigenvalue weighted by Gasteiger charge is -2.22. The third-order valence-electron chi connectivity index (χ3n) is 9.02. The Kier molecular flexibility index (Phi) is 23.8. The van der Waals surface area contributed by atoms with Crippen molar-refractivity contribution < 1.29 is 9.59 Å². The molecular formula is C41H70N6O2. The van der Waals surface area contributed by atoms with Crippen LogP contribution in [0.15, 0.2) is 48.5 Å². The Bertz CT molecular complexity index is 1000. The van der Waals surface area contributed by atoms with Gasteiger partial charge in [0.25, 0.3) is 0 Å². The molecular weight excluding hydrogens is 608 g/mol. The monoisotopic (exact) mass is 679 g/mol. The van der Waals surface area contributed by atoms with Crippen LogP contribution < -0.4 is 21.3 Å². The highest BCUT2D eigenvalue weighted by atomic mass is 16.2. The highest BCUT2D eigenvalue weighted by Crippen LogP contribution is 2.16. The predicted molar refractivity (Wildman–Crippen MR) is 210 cm³/mol. The Labute approximate surface area is 299 Å². The van der Waals surface area contributed by atoms with Crippen molar-refractivity contribution in [2.45, 2.75) is 124 Å². The van der Waals surface area contributed by atoms with Crippen LogP contribution in [0.5, 0.6) is 0 Å². The molecule has 4 amide bonds. The second kappa shape index (κ2) is 27.7. The minimum absolute atomic E-state index is 0.157. The van der Waals surface area contributed by atoms with Crippen molar-refractivity contribution in [3.8, 4) is 0 Å². The molecule has 8 nitrogen and oxygen atoms in total. The normalized spacial score (nSPS) is 11.2. The van der Waals surface area contributed by atoms with Crippen molar-refractivity contribution in [2.75, 3.05) is 63.0 Å². The number of rotatable bonds is 28. The fourth-order valence-electron chi connectivity index (χ4n) is 6.02. The molecule has 2 aromatic carbocycles. The molecule has 0 heterocycles. The van der Waals surface area contributed by atoms with Gasteiger partial charge in [-0.25, -0.2) is 9.59 Å². The summed E-state index contributed by atoms with van der Waals surface area (Å²) in [5.41, 5.74) is 3.89. The van der Waals surface area contributed by atoms with E-state index in [1.54, 1.807) is 0 Å². The first-order chi connectivity index (χ1) is 24.0. The summed E-state index contributed by atoms with van der Waals surface area (Å²) in [7, 11) is 0. The topological polar surface area (TPSA) is 88.7 Å². The molecule has 0 saturated carbocycles. The molecule has 8 heteroatoms. The van der Waals surface area contributed by atoms with Gasteiger partial charge in [0.2, 0.25) is 0 Å². The largest absolute Gasteiger partial charge is 0.338 e. The van der Waals surface area contributed by atoms with Crippen LogP contribution in [-0.2, 0) is 6.42 Å². The number of carbonyl (C=O) groups excluding carboxylic acids is 2. The third kappa shape index (κ3) is 20.9. The Hall–Kier alpha value is -3.10. The fourth-order valence-corrected chi connectivity index (χ4v) is 6.02. The molecule has 0 bridgehead atoms. The smallest absolute Gasteiger partial charge is 0.319 e. The van der Waals surface area contributed by atoms with E-state index < -0.39 is 0 Å². The van der Waals surface area contributed by atoms with E-state index in [1.165, 1.54) is 77.0 Å². The molecule has 49 heavy (non-hydrogen) atoms. The number of nitrogens with zero attached hydrogens (tertiary/aromatic N) is 2. The van der Waals surface area contributed by atoms with Crippen LogP contribution in [0, 0.1) is 0 Å². The summed E-state index contributed by atoms with van der Waals surface area (Å²) in [5, 5.41) is 12.0. The summed E-state index contributed by atoms with van der Waals surface area (Å²) in [6.45, 7) is 17.0. The van der Waals surface area contributed by atoms with E-state index in [9.17, 15) is 9.59 Å². The number of benzene rings is 2. The lowest BCUT2D eigenvalue weighted by atomic mass is 10.0.